The molecule has 0 bridgehead atoms. The fourth-order valence-corrected chi connectivity index (χ4v) is 2.63. The molecule has 3 rings (SSSR count). The molecule has 94 valence electrons. The van der Waals surface area contributed by atoms with Crippen molar-refractivity contribution < 1.29 is 9.18 Å². The molecule has 0 aliphatic heterocycles. The van der Waals surface area contributed by atoms with E-state index in [2.05, 4.69) is 9.98 Å². The third-order valence-electron chi connectivity index (χ3n) is 3.45. The van der Waals surface area contributed by atoms with E-state index in [1.807, 2.05) is 6.07 Å². The van der Waals surface area contributed by atoms with E-state index in [4.69, 9.17) is 0 Å². The summed E-state index contributed by atoms with van der Waals surface area (Å²) >= 11 is 0. The molecular formula is C15H11FN2O. The Balaban J connectivity index is 2.30. The van der Waals surface area contributed by atoms with Gasteiger partial charge in [-0.05, 0) is 42.5 Å². The van der Waals surface area contributed by atoms with Crippen LogP contribution in [0.3, 0.4) is 0 Å². The summed E-state index contributed by atoms with van der Waals surface area (Å²) in [4.78, 5) is 18.5. The highest BCUT2D eigenvalue weighted by atomic mass is 19.1. The molecular weight excluding hydrogens is 243 g/mol. The molecule has 1 aromatic carbocycles. The second-order valence-electron chi connectivity index (χ2n) is 4.51. The van der Waals surface area contributed by atoms with Crippen LogP contribution < -0.4 is 0 Å². The summed E-state index contributed by atoms with van der Waals surface area (Å²) in [7, 11) is 0. The van der Waals surface area contributed by atoms with Gasteiger partial charge >= 0.3 is 0 Å². The number of isocyanates is 1. The standard InChI is InChI=1S/C15H11FN2O/c16-14-7-13(10-3-2-6-17-8-10)15(18-9-19)12-5-1-4-11(12)14/h2-3,6-8H,1,4-5H2. The molecule has 19 heavy (non-hydrogen) atoms. The number of aliphatic imine (C=N–C) groups is 1. The first-order valence-corrected chi connectivity index (χ1v) is 6.14. The first kappa shape index (κ1) is 11.8. The molecule has 0 saturated carbocycles. The van der Waals surface area contributed by atoms with Crippen molar-refractivity contribution in [1.82, 2.24) is 4.98 Å². The maximum absolute atomic E-state index is 14.1. The number of halogens is 1. The zero-order chi connectivity index (χ0) is 13.2. The van der Waals surface area contributed by atoms with Crippen LogP contribution in [0.1, 0.15) is 17.5 Å². The molecule has 0 N–H and O–H groups in total. The van der Waals surface area contributed by atoms with E-state index in [0.29, 0.717) is 23.2 Å². The molecule has 0 unspecified atom stereocenters. The molecule has 0 radical (unpaired) electrons. The van der Waals surface area contributed by atoms with Gasteiger partial charge in [0.05, 0.1) is 5.69 Å². The van der Waals surface area contributed by atoms with Crippen molar-refractivity contribution in [3.63, 3.8) is 0 Å². The van der Waals surface area contributed by atoms with Gasteiger partial charge in [-0.25, -0.2) is 9.18 Å². The largest absolute Gasteiger partial charge is 0.264 e. The monoisotopic (exact) mass is 254 g/mol. The van der Waals surface area contributed by atoms with Gasteiger partial charge in [-0.2, -0.15) is 4.99 Å². The maximum Gasteiger partial charge on any atom is 0.240 e. The van der Waals surface area contributed by atoms with E-state index in [1.165, 1.54) is 6.07 Å². The first-order chi connectivity index (χ1) is 9.31. The van der Waals surface area contributed by atoms with Gasteiger partial charge in [0.25, 0.3) is 0 Å². The minimum Gasteiger partial charge on any atom is -0.264 e. The number of pyridine rings is 1. The quantitative estimate of drug-likeness (QED) is 0.609. The highest BCUT2D eigenvalue weighted by molar-refractivity contribution is 5.80. The number of rotatable bonds is 2. The molecule has 0 spiro atoms. The number of fused-ring (bicyclic) bond motifs is 1. The molecule has 0 amide bonds. The Morgan fingerprint density at radius 3 is 2.89 bits per heavy atom. The predicted molar refractivity (Wildman–Crippen MR) is 69.4 cm³/mol. The van der Waals surface area contributed by atoms with Crippen LogP contribution in [0, 0.1) is 5.82 Å². The fourth-order valence-electron chi connectivity index (χ4n) is 2.63. The van der Waals surface area contributed by atoms with Crippen molar-refractivity contribution in [3.8, 4) is 11.1 Å². The molecule has 0 atom stereocenters. The van der Waals surface area contributed by atoms with Gasteiger partial charge < -0.3 is 0 Å². The summed E-state index contributed by atoms with van der Waals surface area (Å²) in [5.74, 6) is -0.226. The number of aromatic nitrogens is 1. The SMILES string of the molecule is O=C=Nc1c(-c2cccnc2)cc(F)c2c1CCC2. The Morgan fingerprint density at radius 2 is 2.16 bits per heavy atom. The van der Waals surface area contributed by atoms with Gasteiger partial charge in [-0.15, -0.1) is 0 Å². The molecule has 1 heterocycles. The predicted octanol–water partition coefficient (Wildman–Crippen LogP) is 3.34. The molecule has 1 aromatic heterocycles. The van der Waals surface area contributed by atoms with Gasteiger partial charge in [0, 0.05) is 23.5 Å². The van der Waals surface area contributed by atoms with Crippen LogP contribution >= 0.6 is 0 Å². The van der Waals surface area contributed by atoms with Crippen molar-refractivity contribution in [2.45, 2.75) is 19.3 Å². The van der Waals surface area contributed by atoms with Crippen LogP contribution in [0.2, 0.25) is 0 Å². The Morgan fingerprint density at radius 1 is 1.32 bits per heavy atom. The van der Waals surface area contributed by atoms with Crippen molar-refractivity contribution in [2.75, 3.05) is 0 Å². The Kier molecular flexibility index (Phi) is 2.94. The average molecular weight is 254 g/mol. The summed E-state index contributed by atoms with van der Waals surface area (Å²) in [6.07, 6.45) is 7.21. The summed E-state index contributed by atoms with van der Waals surface area (Å²) in [6, 6.07) is 5.04. The van der Waals surface area contributed by atoms with E-state index < -0.39 is 0 Å². The van der Waals surface area contributed by atoms with Crippen molar-refractivity contribution >= 4 is 11.8 Å². The second-order valence-corrected chi connectivity index (χ2v) is 4.51. The Hall–Kier alpha value is -2.32. The van der Waals surface area contributed by atoms with Crippen LogP contribution in [0.5, 0.6) is 0 Å². The Bertz CT molecular complexity index is 676. The second kappa shape index (κ2) is 4.75. The van der Waals surface area contributed by atoms with E-state index in [0.717, 1.165) is 24.0 Å². The van der Waals surface area contributed by atoms with Crippen molar-refractivity contribution in [3.05, 3.63) is 47.5 Å². The fraction of sp³-hybridized carbons (Fsp3) is 0.200. The van der Waals surface area contributed by atoms with E-state index in [1.54, 1.807) is 24.5 Å². The van der Waals surface area contributed by atoms with Crippen LogP contribution in [-0.4, -0.2) is 11.1 Å². The first-order valence-electron chi connectivity index (χ1n) is 6.14. The van der Waals surface area contributed by atoms with E-state index >= 15 is 0 Å². The number of nitrogens with zero attached hydrogens (tertiary/aromatic N) is 2. The highest BCUT2D eigenvalue weighted by Gasteiger charge is 2.22. The molecule has 3 nitrogen and oxygen atoms in total. The maximum atomic E-state index is 14.1. The number of hydrogen-bond donors (Lipinski definition) is 0. The van der Waals surface area contributed by atoms with Crippen molar-refractivity contribution in [2.24, 2.45) is 4.99 Å². The van der Waals surface area contributed by atoms with Crippen LogP contribution in [0.15, 0.2) is 35.6 Å². The molecule has 0 fully saturated rings. The third-order valence-corrected chi connectivity index (χ3v) is 3.45. The molecule has 2 aromatic rings. The normalized spacial score (nSPS) is 12.9. The van der Waals surface area contributed by atoms with Gasteiger partial charge in [-0.1, -0.05) is 6.07 Å². The lowest BCUT2D eigenvalue weighted by Crippen LogP contribution is -1.93. The van der Waals surface area contributed by atoms with Crippen LogP contribution in [-0.2, 0) is 17.6 Å². The van der Waals surface area contributed by atoms with E-state index in [-0.39, 0.29) is 5.82 Å². The van der Waals surface area contributed by atoms with Crippen LogP contribution in [0.4, 0.5) is 10.1 Å². The van der Waals surface area contributed by atoms with E-state index in [9.17, 15) is 9.18 Å². The summed E-state index contributed by atoms with van der Waals surface area (Å²) in [6.45, 7) is 0. The van der Waals surface area contributed by atoms with Crippen molar-refractivity contribution in [1.29, 1.82) is 0 Å². The topological polar surface area (TPSA) is 42.3 Å². The van der Waals surface area contributed by atoms with Gasteiger partial charge in [-0.3, -0.25) is 4.98 Å². The highest BCUT2D eigenvalue weighted by Crippen LogP contribution is 2.40. The lowest BCUT2D eigenvalue weighted by Gasteiger charge is -2.11. The number of benzene rings is 1. The lowest BCUT2D eigenvalue weighted by atomic mass is 9.98. The smallest absolute Gasteiger partial charge is 0.240 e. The summed E-state index contributed by atoms with van der Waals surface area (Å²) in [5, 5.41) is 0. The number of carbonyl (C=O) groups excluding carboxylic acids is 1. The van der Waals surface area contributed by atoms with Gasteiger partial charge in [0.15, 0.2) is 0 Å². The zero-order valence-electron chi connectivity index (χ0n) is 10.2. The third kappa shape index (κ3) is 1.96. The summed E-state index contributed by atoms with van der Waals surface area (Å²) < 4.78 is 14.1. The minimum absolute atomic E-state index is 0.226. The van der Waals surface area contributed by atoms with Gasteiger partial charge in [0.1, 0.15) is 5.82 Å². The zero-order valence-corrected chi connectivity index (χ0v) is 10.2. The average Bonchev–Trinajstić information content (AvgIpc) is 2.93. The molecule has 4 heteroatoms. The molecule has 0 saturated heterocycles. The number of hydrogen-bond acceptors (Lipinski definition) is 3. The van der Waals surface area contributed by atoms with Gasteiger partial charge in [0.2, 0.25) is 6.08 Å². The lowest BCUT2D eigenvalue weighted by molar-refractivity contribution is 0.565. The molecule has 1 aliphatic carbocycles. The van der Waals surface area contributed by atoms with Crippen LogP contribution in [0.25, 0.3) is 11.1 Å². The summed E-state index contributed by atoms with van der Waals surface area (Å²) in [5.41, 5.74) is 3.42. The molecule has 1 aliphatic rings. The Labute approximate surface area is 109 Å². The minimum atomic E-state index is -0.226.